The van der Waals surface area contributed by atoms with Gasteiger partial charge in [-0.1, -0.05) is 53.4 Å². The van der Waals surface area contributed by atoms with Crippen LogP contribution in [0.25, 0.3) is 0 Å². The summed E-state index contributed by atoms with van der Waals surface area (Å²) in [5, 5.41) is 14.3. The number of amides is 1. The van der Waals surface area contributed by atoms with Crippen LogP contribution in [-0.2, 0) is 14.4 Å². The zero-order chi connectivity index (χ0) is 23.2. The van der Waals surface area contributed by atoms with Gasteiger partial charge in [0.05, 0.1) is 19.3 Å². The van der Waals surface area contributed by atoms with E-state index < -0.39 is 12.1 Å². The molecule has 1 amide bonds. The third-order valence-electron chi connectivity index (χ3n) is 5.05. The number of aliphatic hydroxyl groups excluding tert-OH is 1. The van der Waals surface area contributed by atoms with E-state index in [1.165, 1.54) is 16.4 Å². The Balaban J connectivity index is 2.89. The Morgan fingerprint density at radius 3 is 2.45 bits per heavy atom. The molecule has 0 aromatic carbocycles. The van der Waals surface area contributed by atoms with Crippen molar-refractivity contribution in [3.05, 3.63) is 16.1 Å². The summed E-state index contributed by atoms with van der Waals surface area (Å²) in [6.07, 6.45) is 5.80. The van der Waals surface area contributed by atoms with Gasteiger partial charge in [-0.2, -0.15) is 0 Å². The van der Waals surface area contributed by atoms with Gasteiger partial charge in [-0.3, -0.25) is 9.63 Å². The molecule has 1 N–H and O–H groups in total. The van der Waals surface area contributed by atoms with Crippen molar-refractivity contribution in [3.63, 3.8) is 0 Å². The Bertz CT molecular complexity index is 650. The summed E-state index contributed by atoms with van der Waals surface area (Å²) in [6.45, 7) is 10.7. The van der Waals surface area contributed by atoms with Crippen LogP contribution in [-0.4, -0.2) is 46.3 Å². The molecule has 0 saturated carbocycles. The van der Waals surface area contributed by atoms with Crippen LogP contribution in [0.3, 0.4) is 0 Å². The average Bonchev–Trinajstić information content (AvgIpc) is 3.24. The van der Waals surface area contributed by atoms with E-state index in [1.54, 1.807) is 12.3 Å². The highest BCUT2D eigenvalue weighted by Gasteiger charge is 2.31. The van der Waals surface area contributed by atoms with Crippen molar-refractivity contribution in [2.75, 3.05) is 13.2 Å². The van der Waals surface area contributed by atoms with Gasteiger partial charge >= 0.3 is 5.97 Å². The normalized spacial score (nSPS) is 13.3. The first-order chi connectivity index (χ1) is 14.8. The van der Waals surface area contributed by atoms with Crippen molar-refractivity contribution < 1.29 is 24.3 Å². The fourth-order valence-electron chi connectivity index (χ4n) is 3.19. The van der Waals surface area contributed by atoms with Gasteiger partial charge in [0.25, 0.3) is 0 Å². The zero-order valence-corrected chi connectivity index (χ0v) is 20.6. The molecule has 31 heavy (non-hydrogen) atoms. The molecular formula is C23H40N2O5S. The second-order valence-corrected chi connectivity index (χ2v) is 8.96. The maximum absolute atomic E-state index is 12.9. The van der Waals surface area contributed by atoms with Crippen LogP contribution in [0.15, 0.2) is 5.38 Å². The van der Waals surface area contributed by atoms with Crippen LogP contribution in [0, 0.1) is 5.92 Å². The summed E-state index contributed by atoms with van der Waals surface area (Å²) in [5.74, 6) is -0.459. The smallest absolute Gasteiger partial charge is 0.357 e. The number of rotatable bonds is 16. The molecular weight excluding hydrogens is 416 g/mol. The average molecular weight is 457 g/mol. The summed E-state index contributed by atoms with van der Waals surface area (Å²) >= 11 is 1.22. The predicted octanol–water partition coefficient (Wildman–Crippen LogP) is 5.30. The first-order valence-corrected chi connectivity index (χ1v) is 12.5. The number of aromatic nitrogens is 1. The van der Waals surface area contributed by atoms with E-state index in [9.17, 15) is 14.7 Å². The number of esters is 1. The number of hydrogen-bond donors (Lipinski definition) is 1. The summed E-state index contributed by atoms with van der Waals surface area (Å²) in [4.78, 5) is 35.0. The van der Waals surface area contributed by atoms with Gasteiger partial charge in [0.15, 0.2) is 5.69 Å². The number of aliphatic hydroxyl groups is 1. The largest absolute Gasteiger partial charge is 0.461 e. The molecule has 0 aliphatic rings. The van der Waals surface area contributed by atoms with Crippen molar-refractivity contribution in [2.45, 2.75) is 98.1 Å². The van der Waals surface area contributed by atoms with E-state index in [4.69, 9.17) is 9.57 Å². The molecule has 1 heterocycles. The fraction of sp³-hybridized carbons (Fsp3) is 0.783. The highest BCUT2D eigenvalue weighted by molar-refractivity contribution is 7.09. The molecule has 1 aromatic rings. The third kappa shape index (κ3) is 9.66. The number of thiazole rings is 1. The SMILES string of the molecule is CCCCCCON(C(=O)CCCC)C(CC(O)c1nc(C(=O)OCC)cs1)C(C)C. The Kier molecular flexibility index (Phi) is 13.6. The van der Waals surface area contributed by atoms with E-state index in [2.05, 4.69) is 18.8 Å². The molecule has 8 heteroatoms. The Hall–Kier alpha value is -1.51. The van der Waals surface area contributed by atoms with Crippen molar-refractivity contribution >= 4 is 23.2 Å². The van der Waals surface area contributed by atoms with E-state index in [0.717, 1.165) is 38.5 Å². The lowest BCUT2D eigenvalue weighted by atomic mass is 9.97. The van der Waals surface area contributed by atoms with Gasteiger partial charge in [-0.25, -0.2) is 14.8 Å². The standard InChI is InChI=1S/C23H40N2O5S/c1-6-9-11-12-14-30-25(21(27)13-10-7-2)19(17(4)5)15-20(26)22-24-18(16-31-22)23(28)29-8-3/h16-17,19-20,26H,6-15H2,1-5H3. The van der Waals surface area contributed by atoms with E-state index in [-0.39, 0.29) is 30.2 Å². The minimum absolute atomic E-state index is 0.0467. The first-order valence-electron chi connectivity index (χ1n) is 11.6. The van der Waals surface area contributed by atoms with Gasteiger partial charge in [0, 0.05) is 18.2 Å². The van der Waals surface area contributed by atoms with Crippen LogP contribution in [0.2, 0.25) is 0 Å². The monoisotopic (exact) mass is 456 g/mol. The molecule has 0 aliphatic heterocycles. The molecule has 0 spiro atoms. The van der Waals surface area contributed by atoms with Crippen LogP contribution in [0.5, 0.6) is 0 Å². The van der Waals surface area contributed by atoms with Crippen LogP contribution >= 0.6 is 11.3 Å². The molecule has 0 saturated heterocycles. The molecule has 2 atom stereocenters. The molecule has 2 unspecified atom stereocenters. The summed E-state index contributed by atoms with van der Waals surface area (Å²) < 4.78 is 4.97. The second kappa shape index (κ2) is 15.3. The fourth-order valence-corrected chi connectivity index (χ4v) is 3.98. The van der Waals surface area contributed by atoms with Gasteiger partial charge in [0.2, 0.25) is 5.91 Å². The molecule has 0 fully saturated rings. The number of hydrogen-bond acceptors (Lipinski definition) is 7. The van der Waals surface area contributed by atoms with Crippen LogP contribution in [0.4, 0.5) is 0 Å². The summed E-state index contributed by atoms with van der Waals surface area (Å²) in [5.41, 5.74) is 0.199. The highest BCUT2D eigenvalue weighted by Crippen LogP contribution is 2.28. The predicted molar refractivity (Wildman–Crippen MR) is 123 cm³/mol. The topological polar surface area (TPSA) is 89.0 Å². The van der Waals surface area contributed by atoms with Gasteiger partial charge in [-0.05, 0) is 25.7 Å². The number of carbonyl (C=O) groups is 2. The summed E-state index contributed by atoms with van der Waals surface area (Å²) in [7, 11) is 0. The molecule has 178 valence electrons. The quantitative estimate of drug-likeness (QED) is 0.206. The van der Waals surface area contributed by atoms with Crippen molar-refractivity contribution in [2.24, 2.45) is 5.92 Å². The Morgan fingerprint density at radius 1 is 1.13 bits per heavy atom. The lowest BCUT2D eigenvalue weighted by Crippen LogP contribution is -2.44. The van der Waals surface area contributed by atoms with Crippen molar-refractivity contribution in [3.8, 4) is 0 Å². The number of unbranched alkanes of at least 4 members (excludes halogenated alkanes) is 4. The number of carbonyl (C=O) groups excluding carboxylic acids is 2. The van der Waals surface area contributed by atoms with Crippen molar-refractivity contribution in [1.29, 1.82) is 0 Å². The maximum Gasteiger partial charge on any atom is 0.357 e. The van der Waals surface area contributed by atoms with E-state index in [0.29, 0.717) is 24.5 Å². The third-order valence-corrected chi connectivity index (χ3v) is 5.99. The molecule has 0 bridgehead atoms. The molecule has 7 nitrogen and oxygen atoms in total. The molecule has 1 aromatic heterocycles. The first kappa shape index (κ1) is 27.5. The second-order valence-electron chi connectivity index (χ2n) is 8.07. The van der Waals surface area contributed by atoms with E-state index >= 15 is 0 Å². The molecule has 0 radical (unpaired) electrons. The minimum atomic E-state index is -0.897. The van der Waals surface area contributed by atoms with Crippen LogP contribution in [0.1, 0.15) is 108 Å². The highest BCUT2D eigenvalue weighted by atomic mass is 32.1. The van der Waals surface area contributed by atoms with Crippen LogP contribution < -0.4 is 0 Å². The van der Waals surface area contributed by atoms with E-state index in [1.807, 2.05) is 13.8 Å². The zero-order valence-electron chi connectivity index (χ0n) is 19.8. The number of ether oxygens (including phenoxy) is 1. The summed E-state index contributed by atoms with van der Waals surface area (Å²) in [6, 6.07) is -0.291. The Morgan fingerprint density at radius 2 is 1.84 bits per heavy atom. The van der Waals surface area contributed by atoms with Gasteiger partial charge in [-0.15, -0.1) is 11.3 Å². The molecule has 1 rings (SSSR count). The molecule has 0 aliphatic carbocycles. The number of hydroxylamine groups is 2. The lowest BCUT2D eigenvalue weighted by Gasteiger charge is -2.34. The van der Waals surface area contributed by atoms with Gasteiger partial charge < -0.3 is 9.84 Å². The number of nitrogens with zero attached hydrogens (tertiary/aromatic N) is 2. The van der Waals surface area contributed by atoms with Crippen molar-refractivity contribution in [1.82, 2.24) is 10.0 Å². The lowest BCUT2D eigenvalue weighted by molar-refractivity contribution is -0.209. The Labute approximate surface area is 191 Å². The minimum Gasteiger partial charge on any atom is -0.461 e. The maximum atomic E-state index is 12.9. The van der Waals surface area contributed by atoms with Gasteiger partial charge in [0.1, 0.15) is 11.1 Å².